The Kier molecular flexibility index (Phi) is 6.28. The third-order valence-corrected chi connectivity index (χ3v) is 10.4. The molecule has 0 saturated heterocycles. The predicted molar refractivity (Wildman–Crippen MR) is 182 cm³/mol. The summed E-state index contributed by atoms with van der Waals surface area (Å²) in [6, 6.07) is 37.4. The first-order valence-corrected chi connectivity index (χ1v) is 16.1. The molecule has 2 nitrogen and oxygen atoms in total. The summed E-state index contributed by atoms with van der Waals surface area (Å²) in [5.41, 5.74) is -3.13. The summed E-state index contributed by atoms with van der Waals surface area (Å²) in [5.74, 6) is -24.7. The van der Waals surface area contributed by atoms with Gasteiger partial charge in [-0.25, -0.2) is 0 Å². The molecule has 0 atom stereocenters. The zero-order chi connectivity index (χ0) is 35.6. The maximum Gasteiger partial charge on any atom is 0.379 e. The van der Waals surface area contributed by atoms with Gasteiger partial charge in [0.1, 0.15) is 0 Å². The molecule has 9 rings (SSSR count). The molecule has 254 valence electrons. The normalized spacial score (nSPS) is 18.6. The molecular weight excluding hydrogens is 672 g/mol. The third-order valence-electron chi connectivity index (χ3n) is 10.4. The first-order chi connectivity index (χ1) is 24.4. The number of alkyl halides is 8. The summed E-state index contributed by atoms with van der Waals surface area (Å²) < 4.78 is 129. The van der Waals surface area contributed by atoms with E-state index in [-0.39, 0.29) is 0 Å². The first kappa shape index (κ1) is 31.3. The average Bonchev–Trinajstić information content (AvgIpc) is 3.67. The first-order valence-electron chi connectivity index (χ1n) is 16.1. The van der Waals surface area contributed by atoms with Crippen LogP contribution in [0.5, 0.6) is 0 Å². The quantitative estimate of drug-likeness (QED) is 0.162. The fourth-order valence-electron chi connectivity index (χ4n) is 8.08. The van der Waals surface area contributed by atoms with Gasteiger partial charge in [0, 0.05) is 32.9 Å². The Morgan fingerprint density at radius 3 is 0.824 bits per heavy atom. The number of nitrogens with zero attached hydrogens (tertiary/aromatic N) is 2. The van der Waals surface area contributed by atoms with Crippen LogP contribution in [0.2, 0.25) is 0 Å². The average molecular weight is 697 g/mol. The Balaban J connectivity index is 1.26. The second-order valence-corrected chi connectivity index (χ2v) is 12.9. The molecule has 1 fully saturated rings. The number of rotatable bonds is 4. The summed E-state index contributed by atoms with van der Waals surface area (Å²) in [4.78, 5) is 0. The van der Waals surface area contributed by atoms with E-state index in [9.17, 15) is 0 Å². The predicted octanol–water partition coefficient (Wildman–Crippen LogP) is 11.7. The molecule has 51 heavy (non-hydrogen) atoms. The topological polar surface area (TPSA) is 9.86 Å². The second kappa shape index (κ2) is 10.2. The van der Waals surface area contributed by atoms with Crippen LogP contribution in [0.3, 0.4) is 0 Å². The fourth-order valence-corrected chi connectivity index (χ4v) is 8.08. The van der Waals surface area contributed by atoms with Gasteiger partial charge in [-0.3, -0.25) is 0 Å². The van der Waals surface area contributed by atoms with Gasteiger partial charge in [-0.15, -0.1) is 0 Å². The minimum atomic E-state index is -6.40. The maximum atomic E-state index is 16.3. The van der Waals surface area contributed by atoms with Crippen molar-refractivity contribution in [2.45, 2.75) is 29.1 Å². The lowest BCUT2D eigenvalue weighted by molar-refractivity contribution is -0.303. The van der Waals surface area contributed by atoms with Gasteiger partial charge in [-0.05, 0) is 59.7 Å². The van der Waals surface area contributed by atoms with Crippen LogP contribution in [0.15, 0.2) is 146 Å². The van der Waals surface area contributed by atoms with Crippen LogP contribution in [0.1, 0.15) is 11.1 Å². The number of hydrogen-bond acceptors (Lipinski definition) is 0. The molecule has 0 spiro atoms. The smallest absolute Gasteiger partial charge is 0.309 e. The number of fused-ring (bicyclic) bond motifs is 6. The largest absolute Gasteiger partial charge is 0.379 e. The lowest BCUT2D eigenvalue weighted by Crippen LogP contribution is -2.56. The molecule has 0 radical (unpaired) electrons. The Hall–Kier alpha value is -5.64. The molecule has 1 aliphatic rings. The van der Waals surface area contributed by atoms with E-state index in [0.717, 1.165) is 45.8 Å². The highest BCUT2D eigenvalue weighted by molar-refractivity contribution is 6.10. The van der Waals surface area contributed by atoms with Crippen LogP contribution < -0.4 is 0 Å². The number of para-hydroxylation sites is 4. The highest BCUT2D eigenvalue weighted by Crippen LogP contribution is 2.73. The minimum Gasteiger partial charge on any atom is -0.309 e. The van der Waals surface area contributed by atoms with E-state index in [1.165, 1.54) is 24.3 Å². The molecule has 0 bridgehead atoms. The van der Waals surface area contributed by atoms with Crippen molar-refractivity contribution in [2.75, 3.05) is 0 Å². The molecule has 2 aromatic heterocycles. The Labute approximate surface area is 284 Å². The molecule has 2 heterocycles. The lowest BCUT2D eigenvalue weighted by Gasteiger charge is -2.39. The van der Waals surface area contributed by atoms with Gasteiger partial charge in [-0.1, -0.05) is 97.1 Å². The fraction of sp³-hybridized carbons (Fsp3) is 0.122. The molecule has 8 aromatic rings. The molecule has 6 aromatic carbocycles. The van der Waals surface area contributed by atoms with E-state index >= 15 is 35.1 Å². The third kappa shape index (κ3) is 3.67. The summed E-state index contributed by atoms with van der Waals surface area (Å²) in [6.45, 7) is 0. The van der Waals surface area contributed by atoms with Gasteiger partial charge >= 0.3 is 23.7 Å². The Morgan fingerprint density at radius 1 is 0.294 bits per heavy atom. The molecule has 0 aliphatic heterocycles. The van der Waals surface area contributed by atoms with E-state index < -0.39 is 40.2 Å². The number of aromatic nitrogens is 2. The van der Waals surface area contributed by atoms with E-state index in [0.29, 0.717) is 33.4 Å². The van der Waals surface area contributed by atoms with Crippen LogP contribution in [0.25, 0.3) is 55.0 Å². The molecular formula is C41H24F8N2. The van der Waals surface area contributed by atoms with Crippen LogP contribution in [0.4, 0.5) is 35.1 Å². The Morgan fingerprint density at radius 2 is 0.549 bits per heavy atom. The molecule has 0 unspecified atom stereocenters. The van der Waals surface area contributed by atoms with Gasteiger partial charge < -0.3 is 9.13 Å². The van der Waals surface area contributed by atoms with E-state index in [1.54, 1.807) is 33.4 Å². The van der Waals surface area contributed by atoms with Crippen molar-refractivity contribution in [3.8, 4) is 11.4 Å². The zero-order valence-corrected chi connectivity index (χ0v) is 26.3. The van der Waals surface area contributed by atoms with Crippen molar-refractivity contribution in [3.63, 3.8) is 0 Å². The van der Waals surface area contributed by atoms with Crippen molar-refractivity contribution in [2.24, 2.45) is 0 Å². The summed E-state index contributed by atoms with van der Waals surface area (Å²) in [5, 5.41) is 3.41. The van der Waals surface area contributed by atoms with Crippen molar-refractivity contribution in [1.82, 2.24) is 9.13 Å². The molecule has 0 amide bonds. The van der Waals surface area contributed by atoms with Crippen LogP contribution in [-0.2, 0) is 5.41 Å². The van der Waals surface area contributed by atoms with E-state index in [4.69, 9.17) is 0 Å². The number of halogens is 8. The van der Waals surface area contributed by atoms with Gasteiger partial charge in [0.25, 0.3) is 0 Å². The SMILES string of the molecule is FC1(F)C(F)(F)C(F)(F)C(c2ccc(-n3c4ccccc4c4ccccc43)cc2)(c2ccc(-n3c4ccccc4c4ccccc43)cc2)C1(F)F. The van der Waals surface area contributed by atoms with Crippen molar-refractivity contribution in [1.29, 1.82) is 0 Å². The molecule has 0 N–H and O–H groups in total. The Bertz CT molecular complexity index is 2360. The highest BCUT2D eigenvalue weighted by Gasteiger charge is 2.99. The highest BCUT2D eigenvalue weighted by atomic mass is 19.4. The van der Waals surface area contributed by atoms with Gasteiger partial charge in [-0.2, -0.15) is 35.1 Å². The summed E-state index contributed by atoms with van der Waals surface area (Å²) in [6.07, 6.45) is 0. The molecule has 1 saturated carbocycles. The summed E-state index contributed by atoms with van der Waals surface area (Å²) in [7, 11) is 0. The van der Waals surface area contributed by atoms with Crippen molar-refractivity contribution < 1.29 is 35.1 Å². The van der Waals surface area contributed by atoms with Gasteiger partial charge in [0.2, 0.25) is 0 Å². The van der Waals surface area contributed by atoms with Gasteiger partial charge in [0.05, 0.1) is 22.1 Å². The standard InChI is InChI=1S/C41H24F8N2/c42-38(43)37(39(44,45)41(48,49)40(38,46)47,25-17-21-27(22-18-25)50-33-13-5-1-9-29(33)30-10-2-6-14-34(30)50)26-19-23-28(24-20-26)51-35-15-7-3-11-31(35)32-12-4-8-16-36(32)51/h1-24H. The van der Waals surface area contributed by atoms with Gasteiger partial charge in [0.15, 0.2) is 5.41 Å². The lowest BCUT2D eigenvalue weighted by atomic mass is 9.68. The number of hydrogen-bond donors (Lipinski definition) is 0. The maximum absolute atomic E-state index is 16.3. The van der Waals surface area contributed by atoms with Crippen molar-refractivity contribution >= 4 is 43.6 Å². The summed E-state index contributed by atoms with van der Waals surface area (Å²) >= 11 is 0. The molecule has 1 aliphatic carbocycles. The number of benzene rings is 6. The second-order valence-electron chi connectivity index (χ2n) is 12.9. The van der Waals surface area contributed by atoms with Crippen LogP contribution in [-0.4, -0.2) is 32.8 Å². The van der Waals surface area contributed by atoms with E-state index in [2.05, 4.69) is 0 Å². The van der Waals surface area contributed by atoms with E-state index in [1.807, 2.05) is 72.8 Å². The van der Waals surface area contributed by atoms with Crippen LogP contribution in [0, 0.1) is 0 Å². The monoisotopic (exact) mass is 696 g/mol. The minimum absolute atomic E-state index is 0.330. The van der Waals surface area contributed by atoms with Crippen LogP contribution >= 0.6 is 0 Å². The molecule has 10 heteroatoms. The van der Waals surface area contributed by atoms with Crippen molar-refractivity contribution in [3.05, 3.63) is 157 Å². The zero-order valence-electron chi connectivity index (χ0n) is 26.3.